The summed E-state index contributed by atoms with van der Waals surface area (Å²) in [5.41, 5.74) is 0. The van der Waals surface area contributed by atoms with Gasteiger partial charge in [0.25, 0.3) is 0 Å². The smallest absolute Gasteiger partial charge is 0.0784 e. The molecular weight excluding hydrogens is 501 g/mol. The molecule has 0 amide bonds. The van der Waals surface area contributed by atoms with Gasteiger partial charge < -0.3 is 28.5 Å². The molecular formula is C30H56IN. The minimum absolute atomic E-state index is 0. The number of hydrogen-bond acceptors (Lipinski definition) is 0. The Morgan fingerprint density at radius 3 is 1.19 bits per heavy atom. The molecule has 1 nitrogen and oxygen atoms in total. The maximum atomic E-state index is 3.24. The van der Waals surface area contributed by atoms with Crippen LogP contribution in [0, 0.1) is 23.7 Å². The molecule has 0 heterocycles. The molecule has 0 unspecified atom stereocenters. The van der Waals surface area contributed by atoms with E-state index in [4.69, 9.17) is 0 Å². The van der Waals surface area contributed by atoms with Crippen LogP contribution in [0.1, 0.15) is 143 Å². The Hall–Kier alpha value is -0.190. The van der Waals surface area contributed by atoms with E-state index in [1.54, 1.807) is 0 Å². The summed E-state index contributed by atoms with van der Waals surface area (Å²) in [7, 11) is 2.39. The van der Waals surface area contributed by atoms with Gasteiger partial charge in [0.05, 0.1) is 26.7 Å². The highest BCUT2D eigenvalue weighted by Gasteiger charge is 2.14. The minimum atomic E-state index is 0. The molecule has 0 saturated heterocycles. The highest BCUT2D eigenvalue weighted by atomic mass is 127. The topological polar surface area (TPSA) is 0 Å². The molecule has 188 valence electrons. The lowest BCUT2D eigenvalue weighted by atomic mass is 10.1. The number of unbranched alkanes of at least 4 members (excludes halogenated alkanes) is 17. The number of halogens is 1. The van der Waals surface area contributed by atoms with Gasteiger partial charge in [-0.25, -0.2) is 0 Å². The van der Waals surface area contributed by atoms with E-state index < -0.39 is 0 Å². The molecule has 0 aliphatic heterocycles. The summed E-state index contributed by atoms with van der Waals surface area (Å²) in [5.74, 6) is 12.6. The fraction of sp³-hybridized carbons (Fsp3) is 0.867. The van der Waals surface area contributed by atoms with Crippen molar-refractivity contribution in [1.29, 1.82) is 0 Å². The Morgan fingerprint density at radius 1 is 0.469 bits per heavy atom. The second kappa shape index (κ2) is 27.1. The first-order valence-corrected chi connectivity index (χ1v) is 14.0. The molecule has 0 fully saturated rings. The van der Waals surface area contributed by atoms with Gasteiger partial charge in [0.1, 0.15) is 0 Å². The van der Waals surface area contributed by atoms with Crippen molar-refractivity contribution >= 4 is 0 Å². The van der Waals surface area contributed by atoms with Crippen LogP contribution in [-0.4, -0.2) is 31.2 Å². The highest BCUT2D eigenvalue weighted by Crippen LogP contribution is 2.12. The summed E-state index contributed by atoms with van der Waals surface area (Å²) >= 11 is 0. The molecule has 0 rings (SSSR count). The van der Waals surface area contributed by atoms with Crippen molar-refractivity contribution in [3.63, 3.8) is 0 Å². The summed E-state index contributed by atoms with van der Waals surface area (Å²) in [5, 5.41) is 0. The second-order valence-corrected chi connectivity index (χ2v) is 9.74. The summed E-state index contributed by atoms with van der Waals surface area (Å²) in [4.78, 5) is 0. The van der Waals surface area contributed by atoms with Crippen molar-refractivity contribution in [2.75, 3.05) is 26.7 Å². The first-order valence-electron chi connectivity index (χ1n) is 14.0. The van der Waals surface area contributed by atoms with Crippen LogP contribution >= 0.6 is 0 Å². The molecule has 0 aliphatic rings. The largest absolute Gasteiger partial charge is 1.00 e. The SMILES string of the molecule is CCCCCCCCCCCCC#CC#CCCCCCCCCC[N+](C)(CC)CC.[I-]. The maximum Gasteiger partial charge on any atom is 0.0784 e. The minimum Gasteiger partial charge on any atom is -1.00 e. The van der Waals surface area contributed by atoms with Gasteiger partial charge in [-0.2, -0.15) is 0 Å². The van der Waals surface area contributed by atoms with Crippen molar-refractivity contribution in [2.24, 2.45) is 0 Å². The Balaban J connectivity index is 0. The van der Waals surface area contributed by atoms with E-state index in [-0.39, 0.29) is 24.0 Å². The zero-order chi connectivity index (χ0) is 22.9. The first kappa shape index (κ1) is 34.0. The van der Waals surface area contributed by atoms with Crippen LogP contribution in [0.15, 0.2) is 0 Å². The van der Waals surface area contributed by atoms with E-state index in [1.807, 2.05) is 0 Å². The van der Waals surface area contributed by atoms with Crippen LogP contribution in [0.2, 0.25) is 0 Å². The third-order valence-electron chi connectivity index (χ3n) is 6.92. The van der Waals surface area contributed by atoms with Gasteiger partial charge in [0.2, 0.25) is 0 Å². The van der Waals surface area contributed by atoms with Crippen molar-refractivity contribution in [1.82, 2.24) is 0 Å². The van der Waals surface area contributed by atoms with Gasteiger partial charge >= 0.3 is 0 Å². The van der Waals surface area contributed by atoms with Gasteiger partial charge in [0, 0.05) is 12.8 Å². The Morgan fingerprint density at radius 2 is 0.812 bits per heavy atom. The third kappa shape index (κ3) is 24.5. The van der Waals surface area contributed by atoms with E-state index in [9.17, 15) is 0 Å². The third-order valence-corrected chi connectivity index (χ3v) is 6.92. The lowest BCUT2D eigenvalue weighted by Gasteiger charge is -2.32. The molecule has 0 aromatic rings. The van der Waals surface area contributed by atoms with Crippen LogP contribution in [0.4, 0.5) is 0 Å². The maximum absolute atomic E-state index is 3.24. The van der Waals surface area contributed by atoms with E-state index in [1.165, 1.54) is 133 Å². The van der Waals surface area contributed by atoms with Crippen LogP contribution in [-0.2, 0) is 0 Å². The summed E-state index contributed by atoms with van der Waals surface area (Å²) in [6.07, 6.45) is 25.5. The molecule has 0 saturated carbocycles. The van der Waals surface area contributed by atoms with E-state index >= 15 is 0 Å². The zero-order valence-corrected chi connectivity index (χ0v) is 24.5. The lowest BCUT2D eigenvalue weighted by Crippen LogP contribution is -3.00. The van der Waals surface area contributed by atoms with E-state index in [0.717, 1.165) is 12.8 Å². The van der Waals surface area contributed by atoms with Crippen molar-refractivity contribution in [3.8, 4) is 23.7 Å². The highest BCUT2D eigenvalue weighted by molar-refractivity contribution is 5.25. The first-order chi connectivity index (χ1) is 15.2. The molecule has 32 heavy (non-hydrogen) atoms. The Bertz CT molecular complexity index is 486. The number of quaternary nitrogens is 1. The lowest BCUT2D eigenvalue weighted by molar-refractivity contribution is -0.906. The fourth-order valence-electron chi connectivity index (χ4n) is 4.04. The molecule has 0 bridgehead atoms. The molecule has 0 spiro atoms. The van der Waals surface area contributed by atoms with Crippen LogP contribution in [0.25, 0.3) is 0 Å². The number of nitrogens with zero attached hydrogens (tertiary/aromatic N) is 1. The van der Waals surface area contributed by atoms with Crippen molar-refractivity contribution in [3.05, 3.63) is 0 Å². The Kier molecular flexibility index (Phi) is 28.7. The van der Waals surface area contributed by atoms with E-state index in [2.05, 4.69) is 51.5 Å². The van der Waals surface area contributed by atoms with Crippen molar-refractivity contribution in [2.45, 2.75) is 143 Å². The average molecular weight is 558 g/mol. The molecule has 0 aromatic heterocycles. The normalized spacial score (nSPS) is 10.6. The van der Waals surface area contributed by atoms with Gasteiger partial charge in [-0.3, -0.25) is 0 Å². The summed E-state index contributed by atoms with van der Waals surface area (Å²) in [6.45, 7) is 10.8. The van der Waals surface area contributed by atoms with Crippen LogP contribution in [0.3, 0.4) is 0 Å². The van der Waals surface area contributed by atoms with E-state index in [0.29, 0.717) is 0 Å². The van der Waals surface area contributed by atoms with Crippen molar-refractivity contribution < 1.29 is 28.5 Å². The molecule has 0 aromatic carbocycles. The zero-order valence-electron chi connectivity index (χ0n) is 22.4. The number of rotatable bonds is 21. The quantitative estimate of drug-likeness (QED) is 0.0712. The van der Waals surface area contributed by atoms with Gasteiger partial charge in [-0.1, -0.05) is 102 Å². The molecule has 0 atom stereocenters. The summed E-state index contributed by atoms with van der Waals surface area (Å²) < 4.78 is 1.24. The molecule has 0 N–H and O–H groups in total. The molecule has 0 radical (unpaired) electrons. The van der Waals surface area contributed by atoms with Crippen LogP contribution in [0.5, 0.6) is 0 Å². The molecule has 2 heteroatoms. The number of hydrogen-bond donors (Lipinski definition) is 0. The monoisotopic (exact) mass is 557 g/mol. The van der Waals surface area contributed by atoms with Gasteiger partial charge in [0.15, 0.2) is 0 Å². The second-order valence-electron chi connectivity index (χ2n) is 9.74. The Labute approximate surface area is 220 Å². The summed E-state index contributed by atoms with van der Waals surface area (Å²) in [6, 6.07) is 0. The van der Waals surface area contributed by atoms with Gasteiger partial charge in [-0.15, -0.1) is 0 Å². The predicted molar refractivity (Wildman–Crippen MR) is 141 cm³/mol. The van der Waals surface area contributed by atoms with Crippen LogP contribution < -0.4 is 24.0 Å². The average Bonchev–Trinajstić information content (AvgIpc) is 2.79. The predicted octanol–water partition coefficient (Wildman–Crippen LogP) is 5.92. The molecule has 0 aliphatic carbocycles. The standard InChI is InChI=1S/C30H56N.HI/c1-5-8-9-10-11-12-13-14-15-16-17-18-19-20-21-22-23-24-25-26-27-28-29-30-31(4,6-2)7-3;/h5-17,22-30H2,1-4H3;1H/q+1;/p-1. The fourth-order valence-corrected chi connectivity index (χ4v) is 4.04. The van der Waals surface area contributed by atoms with Gasteiger partial charge in [-0.05, 0) is 51.4 Å².